The van der Waals surface area contributed by atoms with Crippen LogP contribution in [-0.4, -0.2) is 12.7 Å². The van der Waals surface area contributed by atoms with Crippen LogP contribution in [0.2, 0.25) is 0 Å². The minimum atomic E-state index is -0.148. The molecule has 0 saturated carbocycles. The molecule has 0 amide bonds. The first-order valence-corrected chi connectivity index (χ1v) is 7.06. The summed E-state index contributed by atoms with van der Waals surface area (Å²) in [4.78, 5) is 0. The summed E-state index contributed by atoms with van der Waals surface area (Å²) in [5.41, 5.74) is 7.23. The number of fused-ring (bicyclic) bond motifs is 1. The molecule has 1 aromatic carbocycles. The SMILES string of the molecule is COc1ccc2c(c1)[C@@H](N)CC(C)(CCC(C)C)O2. The van der Waals surface area contributed by atoms with Crippen LogP contribution in [0, 0.1) is 5.92 Å². The van der Waals surface area contributed by atoms with Crippen molar-refractivity contribution >= 4 is 0 Å². The van der Waals surface area contributed by atoms with Gasteiger partial charge in [-0.05, 0) is 43.9 Å². The molecule has 106 valence electrons. The number of methoxy groups -OCH3 is 1. The van der Waals surface area contributed by atoms with Crippen LogP contribution < -0.4 is 15.2 Å². The molecule has 0 aromatic heterocycles. The highest BCUT2D eigenvalue weighted by Crippen LogP contribution is 2.42. The smallest absolute Gasteiger partial charge is 0.125 e. The Kier molecular flexibility index (Phi) is 4.04. The number of ether oxygens (including phenoxy) is 2. The number of hydrogen-bond acceptors (Lipinski definition) is 3. The quantitative estimate of drug-likeness (QED) is 0.901. The van der Waals surface area contributed by atoms with Crippen LogP contribution in [0.15, 0.2) is 18.2 Å². The molecule has 1 unspecified atom stereocenters. The third-order valence-corrected chi connectivity index (χ3v) is 3.88. The van der Waals surface area contributed by atoms with Crippen LogP contribution in [0.4, 0.5) is 0 Å². The molecule has 0 aliphatic carbocycles. The Morgan fingerprint density at radius 2 is 2.21 bits per heavy atom. The Hall–Kier alpha value is -1.22. The van der Waals surface area contributed by atoms with E-state index in [1.807, 2.05) is 18.2 Å². The van der Waals surface area contributed by atoms with E-state index in [2.05, 4.69) is 20.8 Å². The first kappa shape index (κ1) is 14.2. The highest BCUT2D eigenvalue weighted by atomic mass is 16.5. The molecule has 2 rings (SSSR count). The molecule has 1 aliphatic rings. The Morgan fingerprint density at radius 1 is 1.47 bits per heavy atom. The maximum absolute atomic E-state index is 6.32. The van der Waals surface area contributed by atoms with Crippen molar-refractivity contribution in [1.82, 2.24) is 0 Å². The van der Waals surface area contributed by atoms with Gasteiger partial charge in [0.05, 0.1) is 7.11 Å². The van der Waals surface area contributed by atoms with Crippen molar-refractivity contribution < 1.29 is 9.47 Å². The standard InChI is InChI=1S/C16H25NO2/c1-11(2)7-8-16(3)10-14(17)13-9-12(18-4)5-6-15(13)19-16/h5-6,9,11,14H,7-8,10,17H2,1-4H3/t14-,16?/m0/s1. The second-order valence-electron chi connectivity index (χ2n) is 6.20. The number of rotatable bonds is 4. The predicted molar refractivity (Wildman–Crippen MR) is 77.6 cm³/mol. The van der Waals surface area contributed by atoms with Crippen LogP contribution in [0.1, 0.15) is 51.6 Å². The minimum absolute atomic E-state index is 0.0241. The maximum Gasteiger partial charge on any atom is 0.125 e. The van der Waals surface area contributed by atoms with E-state index in [1.165, 1.54) is 0 Å². The lowest BCUT2D eigenvalue weighted by molar-refractivity contribution is 0.0403. The molecule has 2 atom stereocenters. The van der Waals surface area contributed by atoms with Gasteiger partial charge in [-0.1, -0.05) is 13.8 Å². The lowest BCUT2D eigenvalue weighted by atomic mass is 9.84. The molecule has 1 aliphatic heterocycles. The lowest BCUT2D eigenvalue weighted by Crippen LogP contribution is -2.40. The molecular weight excluding hydrogens is 238 g/mol. The van der Waals surface area contributed by atoms with E-state index >= 15 is 0 Å². The Bertz CT molecular complexity index is 444. The summed E-state index contributed by atoms with van der Waals surface area (Å²) in [5.74, 6) is 2.43. The normalized spacial score (nSPS) is 25.9. The van der Waals surface area contributed by atoms with Crippen molar-refractivity contribution in [3.05, 3.63) is 23.8 Å². The molecule has 0 radical (unpaired) electrons. The fourth-order valence-electron chi connectivity index (χ4n) is 2.67. The van der Waals surface area contributed by atoms with E-state index in [0.717, 1.165) is 36.3 Å². The third kappa shape index (κ3) is 3.21. The fraction of sp³-hybridized carbons (Fsp3) is 0.625. The van der Waals surface area contributed by atoms with E-state index < -0.39 is 0 Å². The third-order valence-electron chi connectivity index (χ3n) is 3.88. The summed E-state index contributed by atoms with van der Waals surface area (Å²) in [6.45, 7) is 6.65. The van der Waals surface area contributed by atoms with Gasteiger partial charge < -0.3 is 15.2 Å². The molecule has 2 N–H and O–H groups in total. The molecule has 3 nitrogen and oxygen atoms in total. The molecule has 1 aromatic rings. The van der Waals surface area contributed by atoms with Gasteiger partial charge in [0, 0.05) is 18.0 Å². The topological polar surface area (TPSA) is 44.5 Å². The molecular formula is C16H25NO2. The molecule has 0 saturated heterocycles. The van der Waals surface area contributed by atoms with Gasteiger partial charge in [-0.3, -0.25) is 0 Å². The largest absolute Gasteiger partial charge is 0.497 e. The minimum Gasteiger partial charge on any atom is -0.497 e. The van der Waals surface area contributed by atoms with Crippen LogP contribution >= 0.6 is 0 Å². The summed E-state index contributed by atoms with van der Waals surface area (Å²) in [7, 11) is 1.67. The van der Waals surface area contributed by atoms with Gasteiger partial charge >= 0.3 is 0 Å². The second-order valence-corrected chi connectivity index (χ2v) is 6.20. The van der Waals surface area contributed by atoms with Gasteiger partial charge in [-0.2, -0.15) is 0 Å². The second kappa shape index (κ2) is 5.41. The highest BCUT2D eigenvalue weighted by Gasteiger charge is 2.35. The van der Waals surface area contributed by atoms with Crippen molar-refractivity contribution in [2.45, 2.75) is 51.7 Å². The van der Waals surface area contributed by atoms with Crippen molar-refractivity contribution in [1.29, 1.82) is 0 Å². The monoisotopic (exact) mass is 263 g/mol. The maximum atomic E-state index is 6.32. The van der Waals surface area contributed by atoms with E-state index in [0.29, 0.717) is 5.92 Å². The lowest BCUT2D eigenvalue weighted by Gasteiger charge is -2.39. The summed E-state index contributed by atoms with van der Waals surface area (Å²) in [6, 6.07) is 5.92. The Balaban J connectivity index is 2.19. The predicted octanol–water partition coefficient (Wildman–Crippen LogP) is 3.67. The van der Waals surface area contributed by atoms with Crippen LogP contribution in [0.25, 0.3) is 0 Å². The van der Waals surface area contributed by atoms with Gasteiger partial charge in [0.2, 0.25) is 0 Å². The fourth-order valence-corrected chi connectivity index (χ4v) is 2.67. The first-order valence-electron chi connectivity index (χ1n) is 7.06. The van der Waals surface area contributed by atoms with Crippen molar-refractivity contribution in [2.24, 2.45) is 11.7 Å². The number of benzene rings is 1. The number of nitrogens with two attached hydrogens (primary N) is 1. The van der Waals surface area contributed by atoms with Gasteiger partial charge in [-0.25, -0.2) is 0 Å². The average molecular weight is 263 g/mol. The Morgan fingerprint density at radius 3 is 2.84 bits per heavy atom. The van der Waals surface area contributed by atoms with Gasteiger partial charge in [0.15, 0.2) is 0 Å². The molecule has 3 heteroatoms. The number of hydrogen-bond donors (Lipinski definition) is 1. The van der Waals surface area contributed by atoms with E-state index in [1.54, 1.807) is 7.11 Å². The zero-order valence-corrected chi connectivity index (χ0v) is 12.4. The van der Waals surface area contributed by atoms with E-state index in [4.69, 9.17) is 15.2 Å². The summed E-state index contributed by atoms with van der Waals surface area (Å²) >= 11 is 0. The molecule has 0 fully saturated rings. The van der Waals surface area contributed by atoms with Crippen LogP contribution in [-0.2, 0) is 0 Å². The average Bonchev–Trinajstić information content (AvgIpc) is 2.36. The summed E-state index contributed by atoms with van der Waals surface area (Å²) < 4.78 is 11.5. The van der Waals surface area contributed by atoms with Gasteiger partial charge in [-0.15, -0.1) is 0 Å². The summed E-state index contributed by atoms with van der Waals surface area (Å²) in [5, 5.41) is 0. The zero-order chi connectivity index (χ0) is 14.0. The summed E-state index contributed by atoms with van der Waals surface area (Å²) in [6.07, 6.45) is 3.07. The zero-order valence-electron chi connectivity index (χ0n) is 12.4. The molecule has 1 heterocycles. The van der Waals surface area contributed by atoms with E-state index in [-0.39, 0.29) is 11.6 Å². The van der Waals surface area contributed by atoms with E-state index in [9.17, 15) is 0 Å². The van der Waals surface area contributed by atoms with Crippen molar-refractivity contribution in [2.75, 3.05) is 7.11 Å². The van der Waals surface area contributed by atoms with Crippen molar-refractivity contribution in [3.63, 3.8) is 0 Å². The molecule has 0 bridgehead atoms. The highest BCUT2D eigenvalue weighted by molar-refractivity contribution is 5.44. The van der Waals surface area contributed by atoms with Gasteiger partial charge in [0.1, 0.15) is 17.1 Å². The van der Waals surface area contributed by atoms with Crippen LogP contribution in [0.3, 0.4) is 0 Å². The molecule has 19 heavy (non-hydrogen) atoms. The van der Waals surface area contributed by atoms with Crippen molar-refractivity contribution in [3.8, 4) is 11.5 Å². The van der Waals surface area contributed by atoms with Gasteiger partial charge in [0.25, 0.3) is 0 Å². The Labute approximate surface area is 116 Å². The van der Waals surface area contributed by atoms with Crippen LogP contribution in [0.5, 0.6) is 11.5 Å². The first-order chi connectivity index (χ1) is 8.93. The molecule has 0 spiro atoms.